The van der Waals surface area contributed by atoms with Crippen LogP contribution in [0.2, 0.25) is 10.0 Å². The smallest absolute Gasteiger partial charge is 0.227 e. The number of nitrogens with one attached hydrogen (secondary N) is 2. The van der Waals surface area contributed by atoms with Gasteiger partial charge in [-0.1, -0.05) is 23.2 Å². The highest BCUT2D eigenvalue weighted by molar-refractivity contribution is 6.37. The molecule has 1 aliphatic rings. The highest BCUT2D eigenvalue weighted by Gasteiger charge is 2.40. The molecule has 1 aliphatic heterocycles. The number of halogens is 2. The number of carbonyl (C=O) groups is 1. The summed E-state index contributed by atoms with van der Waals surface area (Å²) in [7, 11) is 1.66. The maximum Gasteiger partial charge on any atom is 0.227 e. The minimum atomic E-state index is -0.419. The van der Waals surface area contributed by atoms with Gasteiger partial charge in [-0.25, -0.2) is 4.98 Å². The predicted octanol–water partition coefficient (Wildman–Crippen LogP) is 2.78. The first-order chi connectivity index (χ1) is 9.91. The highest BCUT2D eigenvalue weighted by atomic mass is 35.5. The summed E-state index contributed by atoms with van der Waals surface area (Å²) in [5.41, 5.74) is -0.419. The number of hydrogen-bond acceptors (Lipinski definition) is 4. The Hall–Kier alpha value is -1.20. The number of hydrogen-bond donors (Lipinski definition) is 2. The van der Waals surface area contributed by atoms with Crippen molar-refractivity contribution in [2.75, 3.05) is 36.9 Å². The molecule has 0 spiro atoms. The van der Waals surface area contributed by atoms with Crippen LogP contribution < -0.4 is 15.5 Å². The topological polar surface area (TPSA) is 57.3 Å². The standard InChI is InChI=1S/C14H20Cl2N4O/c1-4-18-11-9(15)7-10(16)12(19-11)20-6-5-14(2,8-20)13(21)17-3/h7H,4-6,8H2,1-3H3,(H,17,21)(H,18,19). The van der Waals surface area contributed by atoms with Gasteiger partial charge in [0.05, 0.1) is 15.5 Å². The second-order valence-electron chi connectivity index (χ2n) is 5.47. The molecule has 5 nitrogen and oxygen atoms in total. The van der Waals surface area contributed by atoms with Crippen molar-refractivity contribution in [3.63, 3.8) is 0 Å². The summed E-state index contributed by atoms with van der Waals surface area (Å²) in [6.45, 7) is 5.99. The van der Waals surface area contributed by atoms with Crippen LogP contribution in [0.3, 0.4) is 0 Å². The molecule has 1 unspecified atom stereocenters. The van der Waals surface area contributed by atoms with Crippen molar-refractivity contribution in [2.24, 2.45) is 5.41 Å². The summed E-state index contributed by atoms with van der Waals surface area (Å²) in [5, 5.41) is 6.84. The molecule has 2 N–H and O–H groups in total. The van der Waals surface area contributed by atoms with Crippen LogP contribution in [-0.4, -0.2) is 37.6 Å². The first-order valence-corrected chi connectivity index (χ1v) is 7.74. The molecule has 1 atom stereocenters. The molecule has 0 aliphatic carbocycles. The van der Waals surface area contributed by atoms with Gasteiger partial charge in [-0.15, -0.1) is 0 Å². The molecule has 1 aromatic rings. The number of rotatable bonds is 4. The molecule has 0 aromatic carbocycles. The fourth-order valence-corrected chi connectivity index (χ4v) is 3.14. The van der Waals surface area contributed by atoms with Crippen molar-refractivity contribution in [2.45, 2.75) is 20.3 Å². The highest BCUT2D eigenvalue weighted by Crippen LogP contribution is 2.37. The zero-order valence-electron chi connectivity index (χ0n) is 12.5. The zero-order valence-corrected chi connectivity index (χ0v) is 14.0. The van der Waals surface area contributed by atoms with Crippen LogP contribution in [0.1, 0.15) is 20.3 Å². The van der Waals surface area contributed by atoms with E-state index in [-0.39, 0.29) is 5.91 Å². The molecule has 0 radical (unpaired) electrons. The molecular formula is C14H20Cl2N4O. The summed E-state index contributed by atoms with van der Waals surface area (Å²) in [6.07, 6.45) is 0.768. The fraction of sp³-hybridized carbons (Fsp3) is 0.571. The Bertz CT molecular complexity index is 552. The van der Waals surface area contributed by atoms with Gasteiger partial charge in [0.15, 0.2) is 0 Å². The quantitative estimate of drug-likeness (QED) is 0.891. The summed E-state index contributed by atoms with van der Waals surface area (Å²) in [5.74, 6) is 1.33. The minimum absolute atomic E-state index is 0.0435. The van der Waals surface area contributed by atoms with Crippen LogP contribution in [0.4, 0.5) is 11.6 Å². The molecule has 1 saturated heterocycles. The van der Waals surface area contributed by atoms with E-state index in [1.165, 1.54) is 0 Å². The predicted molar refractivity (Wildman–Crippen MR) is 87.4 cm³/mol. The molecule has 0 bridgehead atoms. The monoisotopic (exact) mass is 330 g/mol. The Morgan fingerprint density at radius 1 is 1.48 bits per heavy atom. The van der Waals surface area contributed by atoms with Gasteiger partial charge in [-0.2, -0.15) is 0 Å². The van der Waals surface area contributed by atoms with E-state index in [2.05, 4.69) is 15.6 Å². The SMILES string of the molecule is CCNc1nc(N2CCC(C)(C(=O)NC)C2)c(Cl)cc1Cl. The van der Waals surface area contributed by atoms with Gasteiger partial charge in [-0.05, 0) is 26.3 Å². The van der Waals surface area contributed by atoms with Crippen molar-refractivity contribution < 1.29 is 4.79 Å². The lowest BCUT2D eigenvalue weighted by Gasteiger charge is -2.24. The molecule has 1 aromatic heterocycles. The normalized spacial score (nSPS) is 21.5. The van der Waals surface area contributed by atoms with Gasteiger partial charge in [0.25, 0.3) is 0 Å². The number of amides is 1. The summed E-state index contributed by atoms with van der Waals surface area (Å²) in [6, 6.07) is 1.69. The van der Waals surface area contributed by atoms with E-state index in [9.17, 15) is 4.79 Å². The number of nitrogens with zero attached hydrogens (tertiary/aromatic N) is 2. The van der Waals surface area contributed by atoms with Crippen molar-refractivity contribution in [1.82, 2.24) is 10.3 Å². The largest absolute Gasteiger partial charge is 0.369 e. The number of aromatic nitrogens is 1. The molecular weight excluding hydrogens is 311 g/mol. The molecule has 2 rings (SSSR count). The maximum absolute atomic E-state index is 12.0. The molecule has 1 amide bonds. The van der Waals surface area contributed by atoms with Crippen LogP contribution >= 0.6 is 23.2 Å². The van der Waals surface area contributed by atoms with Crippen molar-refractivity contribution in [1.29, 1.82) is 0 Å². The van der Waals surface area contributed by atoms with Crippen LogP contribution in [0.5, 0.6) is 0 Å². The lowest BCUT2D eigenvalue weighted by Crippen LogP contribution is -2.39. The average molecular weight is 331 g/mol. The maximum atomic E-state index is 12.0. The lowest BCUT2D eigenvalue weighted by molar-refractivity contribution is -0.128. The van der Waals surface area contributed by atoms with E-state index in [1.807, 2.05) is 18.7 Å². The van der Waals surface area contributed by atoms with E-state index in [4.69, 9.17) is 23.2 Å². The second-order valence-corrected chi connectivity index (χ2v) is 6.28. The van der Waals surface area contributed by atoms with Crippen LogP contribution in [-0.2, 0) is 4.79 Å². The Morgan fingerprint density at radius 2 is 2.19 bits per heavy atom. The molecule has 2 heterocycles. The van der Waals surface area contributed by atoms with Crippen molar-refractivity contribution >= 4 is 40.7 Å². The van der Waals surface area contributed by atoms with Gasteiger partial charge < -0.3 is 15.5 Å². The third-order valence-corrected chi connectivity index (χ3v) is 4.37. The van der Waals surface area contributed by atoms with Crippen LogP contribution in [0, 0.1) is 5.41 Å². The molecule has 21 heavy (non-hydrogen) atoms. The van der Waals surface area contributed by atoms with Gasteiger partial charge in [0.1, 0.15) is 11.6 Å². The third kappa shape index (κ3) is 3.19. The Kier molecular flexibility index (Phi) is 4.84. The van der Waals surface area contributed by atoms with E-state index in [1.54, 1.807) is 13.1 Å². The second kappa shape index (κ2) is 6.28. The first-order valence-electron chi connectivity index (χ1n) is 6.98. The van der Waals surface area contributed by atoms with Gasteiger partial charge in [-0.3, -0.25) is 4.79 Å². The van der Waals surface area contributed by atoms with Gasteiger partial charge in [0.2, 0.25) is 5.91 Å². The molecule has 1 fully saturated rings. The zero-order chi connectivity index (χ0) is 15.6. The van der Waals surface area contributed by atoms with Gasteiger partial charge in [0, 0.05) is 26.7 Å². The van der Waals surface area contributed by atoms with E-state index in [0.29, 0.717) is 28.2 Å². The van der Waals surface area contributed by atoms with E-state index >= 15 is 0 Å². The Balaban J connectivity index is 2.27. The number of anilines is 2. The number of carbonyl (C=O) groups excluding carboxylic acids is 1. The Morgan fingerprint density at radius 3 is 2.81 bits per heavy atom. The lowest BCUT2D eigenvalue weighted by atomic mass is 9.89. The molecule has 116 valence electrons. The first kappa shape index (κ1) is 16.2. The van der Waals surface area contributed by atoms with E-state index < -0.39 is 5.41 Å². The average Bonchev–Trinajstić information content (AvgIpc) is 2.84. The van der Waals surface area contributed by atoms with Crippen molar-refractivity contribution in [3.05, 3.63) is 16.1 Å². The molecule has 7 heteroatoms. The van der Waals surface area contributed by atoms with E-state index in [0.717, 1.165) is 19.5 Å². The summed E-state index contributed by atoms with van der Waals surface area (Å²) in [4.78, 5) is 18.5. The fourth-order valence-electron chi connectivity index (χ4n) is 2.60. The number of pyridine rings is 1. The van der Waals surface area contributed by atoms with Gasteiger partial charge >= 0.3 is 0 Å². The van der Waals surface area contributed by atoms with Crippen LogP contribution in [0.25, 0.3) is 0 Å². The van der Waals surface area contributed by atoms with Crippen molar-refractivity contribution in [3.8, 4) is 0 Å². The third-order valence-electron chi connectivity index (χ3n) is 3.80. The Labute approximate surface area is 135 Å². The summed E-state index contributed by atoms with van der Waals surface area (Å²) >= 11 is 12.4. The minimum Gasteiger partial charge on any atom is -0.369 e. The molecule has 0 saturated carbocycles. The summed E-state index contributed by atoms with van der Waals surface area (Å²) < 4.78 is 0. The van der Waals surface area contributed by atoms with Crippen LogP contribution in [0.15, 0.2) is 6.07 Å².